The van der Waals surface area contributed by atoms with E-state index in [-0.39, 0.29) is 16.6 Å². The highest BCUT2D eigenvalue weighted by Crippen LogP contribution is 2.27. The van der Waals surface area contributed by atoms with Crippen LogP contribution in [0, 0.1) is 13.8 Å². The van der Waals surface area contributed by atoms with E-state index in [1.165, 1.54) is 31.2 Å². The van der Waals surface area contributed by atoms with Crippen LogP contribution in [0.15, 0.2) is 57.9 Å². The van der Waals surface area contributed by atoms with Gasteiger partial charge in [-0.2, -0.15) is 0 Å². The largest absolute Gasteiger partial charge is 0.354 e. The minimum atomic E-state index is -3.83. The average molecular weight is 385 g/mol. The minimum absolute atomic E-state index is 0.0490. The van der Waals surface area contributed by atoms with E-state index in [0.717, 1.165) is 16.7 Å². The number of hydrogen-bond acceptors (Lipinski definition) is 5. The highest BCUT2D eigenvalue weighted by Gasteiger charge is 2.18. The Morgan fingerprint density at radius 3 is 2.41 bits per heavy atom. The van der Waals surface area contributed by atoms with Gasteiger partial charge in [-0.05, 0) is 49.7 Å². The quantitative estimate of drug-likeness (QED) is 0.697. The van der Waals surface area contributed by atoms with E-state index in [9.17, 15) is 13.2 Å². The molecule has 8 heteroatoms. The molecule has 0 unspecified atom stereocenters. The van der Waals surface area contributed by atoms with Gasteiger partial charge >= 0.3 is 0 Å². The van der Waals surface area contributed by atoms with Crippen molar-refractivity contribution in [3.63, 3.8) is 0 Å². The van der Waals surface area contributed by atoms with Gasteiger partial charge in [0.1, 0.15) is 0 Å². The third kappa shape index (κ3) is 4.35. The fraction of sp³-hybridized carbons (Fsp3) is 0.158. The van der Waals surface area contributed by atoms with Crippen molar-refractivity contribution in [3.8, 4) is 11.3 Å². The molecule has 0 saturated heterocycles. The van der Waals surface area contributed by atoms with Gasteiger partial charge in [0.05, 0.1) is 4.90 Å². The zero-order chi connectivity index (χ0) is 19.6. The van der Waals surface area contributed by atoms with E-state index in [4.69, 9.17) is 4.52 Å². The lowest BCUT2D eigenvalue weighted by Crippen LogP contribution is -2.13. The van der Waals surface area contributed by atoms with Crippen molar-refractivity contribution in [1.29, 1.82) is 0 Å². The normalized spacial score (nSPS) is 11.2. The number of nitrogens with zero attached hydrogens (tertiary/aromatic N) is 1. The number of carbonyl (C=O) groups excluding carboxylic acids is 1. The first kappa shape index (κ1) is 18.7. The van der Waals surface area contributed by atoms with Gasteiger partial charge in [-0.1, -0.05) is 22.9 Å². The second kappa shape index (κ2) is 7.24. The number of hydrogen-bond donors (Lipinski definition) is 2. The predicted molar refractivity (Wildman–Crippen MR) is 103 cm³/mol. The SMILES string of the molecule is CC(=O)Nc1ccc(S(=O)(=O)Nc2cc(-c3cc(C)ccc3C)on2)cc1. The van der Waals surface area contributed by atoms with Crippen LogP contribution in [0.5, 0.6) is 0 Å². The van der Waals surface area contributed by atoms with Crippen molar-refractivity contribution >= 4 is 27.4 Å². The number of aryl methyl sites for hydroxylation is 2. The Bertz CT molecular complexity index is 1090. The molecule has 0 spiro atoms. The van der Waals surface area contributed by atoms with Gasteiger partial charge in [0, 0.05) is 24.2 Å². The number of anilines is 2. The monoisotopic (exact) mass is 385 g/mol. The van der Waals surface area contributed by atoms with Crippen molar-refractivity contribution in [1.82, 2.24) is 5.16 Å². The molecule has 2 N–H and O–H groups in total. The second-order valence-electron chi connectivity index (χ2n) is 6.21. The zero-order valence-electron chi connectivity index (χ0n) is 15.1. The van der Waals surface area contributed by atoms with Crippen molar-refractivity contribution in [2.75, 3.05) is 10.0 Å². The molecule has 0 saturated carbocycles. The van der Waals surface area contributed by atoms with E-state index >= 15 is 0 Å². The fourth-order valence-corrected chi connectivity index (χ4v) is 3.55. The van der Waals surface area contributed by atoms with Crippen LogP contribution in [-0.2, 0) is 14.8 Å². The number of rotatable bonds is 5. The molecular weight excluding hydrogens is 366 g/mol. The molecule has 1 amide bonds. The first-order valence-electron chi connectivity index (χ1n) is 8.19. The summed E-state index contributed by atoms with van der Waals surface area (Å²) in [6.07, 6.45) is 0. The van der Waals surface area contributed by atoms with E-state index in [1.807, 2.05) is 32.0 Å². The Balaban J connectivity index is 1.81. The standard InChI is InChI=1S/C19H19N3O4S/c1-12-4-5-13(2)17(10-12)18-11-19(21-26-18)22-27(24,25)16-8-6-15(7-9-16)20-14(3)23/h4-11H,1-3H3,(H,20,23)(H,21,22). The molecule has 0 bridgehead atoms. The predicted octanol–water partition coefficient (Wildman–Crippen LogP) is 3.72. The molecule has 1 aromatic heterocycles. The summed E-state index contributed by atoms with van der Waals surface area (Å²) in [7, 11) is -3.83. The Labute approximate surface area is 157 Å². The number of aromatic nitrogens is 1. The van der Waals surface area contributed by atoms with Gasteiger partial charge in [0.25, 0.3) is 10.0 Å². The van der Waals surface area contributed by atoms with Crippen molar-refractivity contribution < 1.29 is 17.7 Å². The van der Waals surface area contributed by atoms with Crippen LogP contribution in [0.25, 0.3) is 11.3 Å². The Morgan fingerprint density at radius 2 is 1.74 bits per heavy atom. The topological polar surface area (TPSA) is 101 Å². The number of benzene rings is 2. The number of nitrogens with one attached hydrogen (secondary N) is 2. The van der Waals surface area contributed by atoms with Gasteiger partial charge < -0.3 is 9.84 Å². The molecule has 3 aromatic rings. The summed E-state index contributed by atoms with van der Waals surface area (Å²) in [6, 6.07) is 13.3. The van der Waals surface area contributed by atoms with Crippen LogP contribution in [0.2, 0.25) is 0 Å². The summed E-state index contributed by atoms with van der Waals surface area (Å²) in [5.41, 5.74) is 3.43. The van der Waals surface area contributed by atoms with E-state index < -0.39 is 10.0 Å². The van der Waals surface area contributed by atoms with E-state index in [1.54, 1.807) is 6.07 Å². The Kier molecular flexibility index (Phi) is 5.00. The third-order valence-electron chi connectivity index (χ3n) is 3.89. The van der Waals surface area contributed by atoms with Gasteiger partial charge in [-0.15, -0.1) is 0 Å². The molecule has 140 valence electrons. The van der Waals surface area contributed by atoms with Crippen molar-refractivity contribution in [2.45, 2.75) is 25.7 Å². The Morgan fingerprint density at radius 1 is 1.04 bits per heavy atom. The molecule has 27 heavy (non-hydrogen) atoms. The van der Waals surface area contributed by atoms with Crippen LogP contribution >= 0.6 is 0 Å². The molecule has 0 aliphatic rings. The molecule has 0 radical (unpaired) electrons. The first-order valence-corrected chi connectivity index (χ1v) is 9.68. The maximum atomic E-state index is 12.5. The highest BCUT2D eigenvalue weighted by atomic mass is 32.2. The van der Waals surface area contributed by atoms with Crippen LogP contribution in [0.3, 0.4) is 0 Å². The highest BCUT2D eigenvalue weighted by molar-refractivity contribution is 7.92. The van der Waals surface area contributed by atoms with Gasteiger partial charge in [-0.25, -0.2) is 8.42 Å². The van der Waals surface area contributed by atoms with Crippen LogP contribution in [-0.4, -0.2) is 19.5 Å². The summed E-state index contributed by atoms with van der Waals surface area (Å²) in [6.45, 7) is 5.29. The molecule has 0 aliphatic heterocycles. The summed E-state index contributed by atoms with van der Waals surface area (Å²) in [5.74, 6) is 0.344. The summed E-state index contributed by atoms with van der Waals surface area (Å²) < 4.78 is 32.7. The van der Waals surface area contributed by atoms with Gasteiger partial charge in [-0.3, -0.25) is 9.52 Å². The van der Waals surface area contributed by atoms with Crippen LogP contribution < -0.4 is 10.0 Å². The lowest BCUT2D eigenvalue weighted by Gasteiger charge is -2.06. The Hall–Kier alpha value is -3.13. The summed E-state index contributed by atoms with van der Waals surface area (Å²) >= 11 is 0. The van der Waals surface area contributed by atoms with Crippen LogP contribution in [0.1, 0.15) is 18.1 Å². The van der Waals surface area contributed by atoms with Crippen LogP contribution in [0.4, 0.5) is 11.5 Å². The van der Waals surface area contributed by atoms with Crippen molar-refractivity contribution in [3.05, 3.63) is 59.7 Å². The maximum Gasteiger partial charge on any atom is 0.263 e. The van der Waals surface area contributed by atoms with Gasteiger partial charge in [0.15, 0.2) is 11.6 Å². The lowest BCUT2D eigenvalue weighted by atomic mass is 10.0. The van der Waals surface area contributed by atoms with Crippen molar-refractivity contribution in [2.24, 2.45) is 0 Å². The lowest BCUT2D eigenvalue weighted by molar-refractivity contribution is -0.114. The maximum absolute atomic E-state index is 12.5. The molecule has 3 rings (SSSR count). The van der Waals surface area contributed by atoms with Gasteiger partial charge in [0.2, 0.25) is 5.91 Å². The zero-order valence-corrected chi connectivity index (χ0v) is 15.9. The average Bonchev–Trinajstić information content (AvgIpc) is 3.04. The smallest absolute Gasteiger partial charge is 0.263 e. The minimum Gasteiger partial charge on any atom is -0.354 e. The fourth-order valence-electron chi connectivity index (χ4n) is 2.57. The number of sulfonamides is 1. The first-order chi connectivity index (χ1) is 12.7. The molecular formula is C19H19N3O4S. The summed E-state index contributed by atoms with van der Waals surface area (Å²) in [5, 5.41) is 6.39. The second-order valence-corrected chi connectivity index (χ2v) is 7.89. The molecule has 7 nitrogen and oxygen atoms in total. The van der Waals surface area contributed by atoms with E-state index in [2.05, 4.69) is 15.2 Å². The van der Waals surface area contributed by atoms with E-state index in [0.29, 0.717) is 11.4 Å². The number of carbonyl (C=O) groups is 1. The molecule has 0 atom stereocenters. The molecule has 0 aliphatic carbocycles. The third-order valence-corrected chi connectivity index (χ3v) is 5.26. The summed E-state index contributed by atoms with van der Waals surface area (Å²) in [4.78, 5) is 11.1. The molecule has 0 fully saturated rings. The molecule has 1 heterocycles. The molecule has 2 aromatic carbocycles. The number of amides is 1.